The summed E-state index contributed by atoms with van der Waals surface area (Å²) in [6.07, 6.45) is 1.43. The fourth-order valence-corrected chi connectivity index (χ4v) is 1.16. The van der Waals surface area contributed by atoms with Gasteiger partial charge in [0, 0.05) is 6.21 Å². The Balaban J connectivity index is 2.88. The smallest absolute Gasteiger partial charge is 0.175 e. The van der Waals surface area contributed by atoms with Gasteiger partial charge in [0.15, 0.2) is 9.84 Å². The monoisotopic (exact) mass is 119 g/mol. The summed E-state index contributed by atoms with van der Waals surface area (Å²) >= 11 is 0. The Morgan fingerprint density at radius 2 is 2.29 bits per heavy atom. The molecule has 0 aromatic heterocycles. The van der Waals surface area contributed by atoms with Gasteiger partial charge in [-0.15, -0.1) is 0 Å². The molecule has 0 N–H and O–H groups in total. The zero-order chi connectivity index (χ0) is 5.33. The van der Waals surface area contributed by atoms with E-state index >= 15 is 0 Å². The zero-order valence-electron chi connectivity index (χ0n) is 3.66. The van der Waals surface area contributed by atoms with Gasteiger partial charge in [0.05, 0.1) is 5.75 Å². The molecule has 1 heterocycles. The Bertz CT molecular complexity index is 165. The molecule has 0 bridgehead atoms. The first kappa shape index (κ1) is 4.77. The third-order valence-electron chi connectivity index (χ3n) is 0.729. The van der Waals surface area contributed by atoms with Crippen molar-refractivity contribution in [2.24, 2.45) is 4.99 Å². The molecule has 0 radical (unpaired) electrons. The molecule has 40 valence electrons. The summed E-state index contributed by atoms with van der Waals surface area (Å²) in [5.41, 5.74) is 0. The molecule has 0 atom stereocenters. The summed E-state index contributed by atoms with van der Waals surface area (Å²) in [6, 6.07) is 0. The third-order valence-corrected chi connectivity index (χ3v) is 1.93. The van der Waals surface area contributed by atoms with Gasteiger partial charge in [-0.1, -0.05) is 0 Å². The van der Waals surface area contributed by atoms with Gasteiger partial charge in [0.2, 0.25) is 0 Å². The molecule has 0 spiro atoms. The molecule has 0 fully saturated rings. The van der Waals surface area contributed by atoms with Gasteiger partial charge in [0.1, 0.15) is 5.88 Å². The molecule has 0 aromatic rings. The van der Waals surface area contributed by atoms with E-state index in [9.17, 15) is 8.42 Å². The lowest BCUT2D eigenvalue weighted by Gasteiger charge is -1.80. The van der Waals surface area contributed by atoms with E-state index in [-0.39, 0.29) is 11.6 Å². The second-order valence-corrected chi connectivity index (χ2v) is 3.48. The van der Waals surface area contributed by atoms with Gasteiger partial charge in [-0.05, 0) is 0 Å². The lowest BCUT2D eigenvalue weighted by molar-refractivity contribution is 0.602. The van der Waals surface area contributed by atoms with Crippen LogP contribution in [0.2, 0.25) is 0 Å². The minimum absolute atomic E-state index is 0.00694. The maximum Gasteiger partial charge on any atom is 0.175 e. The molecule has 0 aliphatic carbocycles. The molecule has 3 nitrogen and oxygen atoms in total. The average molecular weight is 119 g/mol. The van der Waals surface area contributed by atoms with Crippen LogP contribution >= 0.6 is 0 Å². The van der Waals surface area contributed by atoms with Crippen molar-refractivity contribution in [2.75, 3.05) is 11.6 Å². The van der Waals surface area contributed by atoms with Gasteiger partial charge in [-0.2, -0.15) is 0 Å². The zero-order valence-corrected chi connectivity index (χ0v) is 4.48. The Kier molecular flexibility index (Phi) is 0.883. The molecular weight excluding hydrogens is 114 g/mol. The first-order valence-electron chi connectivity index (χ1n) is 1.89. The van der Waals surface area contributed by atoms with Crippen LogP contribution in [0.3, 0.4) is 0 Å². The summed E-state index contributed by atoms with van der Waals surface area (Å²) < 4.78 is 20.6. The second kappa shape index (κ2) is 1.30. The fraction of sp³-hybridized carbons (Fsp3) is 0.667. The number of aliphatic imine (C=N–C) groups is 1. The van der Waals surface area contributed by atoms with Crippen molar-refractivity contribution < 1.29 is 8.42 Å². The number of hydrogen-bond acceptors (Lipinski definition) is 3. The molecule has 4 heteroatoms. The van der Waals surface area contributed by atoms with Crippen molar-refractivity contribution in [1.82, 2.24) is 0 Å². The third kappa shape index (κ3) is 0.991. The van der Waals surface area contributed by atoms with E-state index in [2.05, 4.69) is 4.99 Å². The van der Waals surface area contributed by atoms with Crippen molar-refractivity contribution in [3.63, 3.8) is 0 Å². The quantitative estimate of drug-likeness (QED) is 0.429. The molecule has 1 aliphatic rings. The van der Waals surface area contributed by atoms with Crippen LogP contribution in [0.25, 0.3) is 0 Å². The Labute approximate surface area is 42.0 Å². The van der Waals surface area contributed by atoms with Crippen molar-refractivity contribution in [3.8, 4) is 0 Å². The van der Waals surface area contributed by atoms with Crippen LogP contribution in [0.4, 0.5) is 0 Å². The Hall–Kier alpha value is -0.380. The maximum atomic E-state index is 10.3. The van der Waals surface area contributed by atoms with E-state index in [0.717, 1.165) is 0 Å². The molecular formula is C3H5NO2S. The summed E-state index contributed by atoms with van der Waals surface area (Å²) in [5, 5.41) is 0. The second-order valence-electron chi connectivity index (χ2n) is 1.40. The predicted molar refractivity (Wildman–Crippen MR) is 27.1 cm³/mol. The largest absolute Gasteiger partial charge is 0.280 e. The molecule has 1 rings (SSSR count). The minimum Gasteiger partial charge on any atom is -0.280 e. The van der Waals surface area contributed by atoms with E-state index in [1.54, 1.807) is 0 Å². The topological polar surface area (TPSA) is 46.5 Å². The van der Waals surface area contributed by atoms with E-state index in [1.165, 1.54) is 6.21 Å². The Morgan fingerprint density at radius 1 is 1.57 bits per heavy atom. The van der Waals surface area contributed by atoms with Crippen LogP contribution in [0.15, 0.2) is 4.99 Å². The number of sulfone groups is 1. The summed E-state index contributed by atoms with van der Waals surface area (Å²) in [6.45, 7) is 0. The van der Waals surface area contributed by atoms with Crippen LogP contribution in [0.1, 0.15) is 0 Å². The summed E-state index contributed by atoms with van der Waals surface area (Å²) in [7, 11) is -2.77. The highest BCUT2D eigenvalue weighted by molar-refractivity contribution is 7.92. The molecule has 7 heavy (non-hydrogen) atoms. The lowest BCUT2D eigenvalue weighted by atomic mass is 10.9. The molecule has 1 aliphatic heterocycles. The maximum absolute atomic E-state index is 10.3. The van der Waals surface area contributed by atoms with Gasteiger partial charge < -0.3 is 0 Å². The van der Waals surface area contributed by atoms with Gasteiger partial charge in [-0.3, -0.25) is 4.99 Å². The molecule has 0 unspecified atom stereocenters. The van der Waals surface area contributed by atoms with Crippen LogP contribution in [0, 0.1) is 0 Å². The van der Waals surface area contributed by atoms with Crippen LogP contribution in [-0.2, 0) is 9.84 Å². The van der Waals surface area contributed by atoms with Crippen LogP contribution < -0.4 is 0 Å². The van der Waals surface area contributed by atoms with Gasteiger partial charge >= 0.3 is 0 Å². The molecule has 0 aromatic carbocycles. The van der Waals surface area contributed by atoms with E-state index < -0.39 is 9.84 Å². The number of nitrogens with zero attached hydrogens (tertiary/aromatic N) is 1. The standard InChI is InChI=1S/C3H5NO2S/c5-7(6)2-1-4-3-7/h1H,2-3H2. The average Bonchev–Trinajstić information content (AvgIpc) is 1.84. The number of rotatable bonds is 0. The highest BCUT2D eigenvalue weighted by atomic mass is 32.2. The van der Waals surface area contributed by atoms with Crippen molar-refractivity contribution in [1.29, 1.82) is 0 Å². The van der Waals surface area contributed by atoms with Gasteiger partial charge in [-0.25, -0.2) is 8.42 Å². The van der Waals surface area contributed by atoms with Crippen LogP contribution in [-0.4, -0.2) is 26.3 Å². The van der Waals surface area contributed by atoms with E-state index in [4.69, 9.17) is 0 Å². The van der Waals surface area contributed by atoms with E-state index in [1.807, 2.05) is 0 Å². The van der Waals surface area contributed by atoms with E-state index in [0.29, 0.717) is 0 Å². The predicted octanol–water partition coefficient (Wildman–Crippen LogP) is -0.557. The lowest BCUT2D eigenvalue weighted by Crippen LogP contribution is -2.01. The van der Waals surface area contributed by atoms with Gasteiger partial charge in [0.25, 0.3) is 0 Å². The van der Waals surface area contributed by atoms with Crippen molar-refractivity contribution >= 4 is 16.1 Å². The van der Waals surface area contributed by atoms with Crippen molar-refractivity contribution in [3.05, 3.63) is 0 Å². The minimum atomic E-state index is -2.77. The molecule has 0 saturated heterocycles. The first-order valence-corrected chi connectivity index (χ1v) is 3.71. The van der Waals surface area contributed by atoms with Crippen LogP contribution in [0.5, 0.6) is 0 Å². The Morgan fingerprint density at radius 3 is 2.43 bits per heavy atom. The summed E-state index contributed by atoms with van der Waals surface area (Å²) in [5.74, 6) is 0.125. The normalized spacial score (nSPS) is 25.7. The highest BCUT2D eigenvalue weighted by Gasteiger charge is 2.11. The fourth-order valence-electron chi connectivity index (χ4n) is 0.385. The SMILES string of the molecule is O=S1(=O)CC=NC1. The summed E-state index contributed by atoms with van der Waals surface area (Å²) in [4.78, 5) is 3.52. The molecule has 0 saturated carbocycles. The number of hydrogen-bond donors (Lipinski definition) is 0. The van der Waals surface area contributed by atoms with Crippen molar-refractivity contribution in [2.45, 2.75) is 0 Å². The highest BCUT2D eigenvalue weighted by Crippen LogP contribution is 1.94. The molecule has 0 amide bonds. The first-order chi connectivity index (χ1) is 3.21.